The first-order valence-electron chi connectivity index (χ1n) is 6.00. The van der Waals surface area contributed by atoms with E-state index >= 15 is 0 Å². The third kappa shape index (κ3) is 2.73. The van der Waals surface area contributed by atoms with E-state index in [4.69, 9.17) is 5.26 Å². The molecule has 18 heavy (non-hydrogen) atoms. The van der Waals surface area contributed by atoms with Crippen LogP contribution in [-0.4, -0.2) is 23.9 Å². The van der Waals surface area contributed by atoms with E-state index in [1.54, 1.807) is 0 Å². The maximum atomic E-state index is 12.3. The lowest BCUT2D eigenvalue weighted by molar-refractivity contribution is 0.0661. The summed E-state index contributed by atoms with van der Waals surface area (Å²) < 4.78 is 0.909. The summed E-state index contributed by atoms with van der Waals surface area (Å²) in [6.07, 6.45) is 1.51. The molecule has 1 aliphatic rings. The highest BCUT2D eigenvalue weighted by Gasteiger charge is 2.32. The highest BCUT2D eigenvalue weighted by molar-refractivity contribution is 9.10. The van der Waals surface area contributed by atoms with Crippen molar-refractivity contribution in [2.45, 2.75) is 19.8 Å². The second-order valence-corrected chi connectivity index (χ2v) is 5.89. The summed E-state index contributed by atoms with van der Waals surface area (Å²) in [5, 5.41) is 9.07. The van der Waals surface area contributed by atoms with Gasteiger partial charge in [0.1, 0.15) is 0 Å². The van der Waals surface area contributed by atoms with E-state index in [2.05, 4.69) is 22.0 Å². The molecular formula is C14H15BrN2O. The highest BCUT2D eigenvalue weighted by Crippen LogP contribution is 2.30. The van der Waals surface area contributed by atoms with Crippen molar-refractivity contribution in [2.24, 2.45) is 5.41 Å². The first kappa shape index (κ1) is 13.1. The molecule has 94 valence electrons. The number of halogens is 1. The Labute approximate surface area is 116 Å². The molecule has 0 saturated carbocycles. The minimum absolute atomic E-state index is 0.0521. The number of rotatable bonds is 1. The largest absolute Gasteiger partial charge is 0.339 e. The fraction of sp³-hybridized carbons (Fsp3) is 0.429. The van der Waals surface area contributed by atoms with Crippen LogP contribution in [0.1, 0.15) is 30.1 Å². The number of amides is 1. The van der Waals surface area contributed by atoms with Gasteiger partial charge in [0.25, 0.3) is 5.91 Å². The fourth-order valence-corrected chi connectivity index (χ4v) is 2.52. The quantitative estimate of drug-likeness (QED) is 0.799. The normalized spacial score (nSPS) is 18.2. The van der Waals surface area contributed by atoms with Crippen LogP contribution in [0.5, 0.6) is 0 Å². The van der Waals surface area contributed by atoms with Crippen LogP contribution in [-0.2, 0) is 0 Å². The van der Waals surface area contributed by atoms with Crippen molar-refractivity contribution in [1.82, 2.24) is 4.90 Å². The zero-order valence-corrected chi connectivity index (χ0v) is 11.9. The predicted molar refractivity (Wildman–Crippen MR) is 73.0 cm³/mol. The van der Waals surface area contributed by atoms with Gasteiger partial charge >= 0.3 is 0 Å². The van der Waals surface area contributed by atoms with E-state index in [1.165, 1.54) is 0 Å². The molecule has 0 unspecified atom stereocenters. The third-order valence-corrected chi connectivity index (χ3v) is 3.99. The second kappa shape index (κ2) is 5.11. The molecule has 0 aliphatic carbocycles. The first-order chi connectivity index (χ1) is 8.54. The molecule has 0 atom stereocenters. The molecule has 1 aromatic carbocycles. The topological polar surface area (TPSA) is 44.1 Å². The molecule has 0 bridgehead atoms. The van der Waals surface area contributed by atoms with Gasteiger partial charge < -0.3 is 4.90 Å². The Bertz CT molecular complexity index is 499. The van der Waals surface area contributed by atoms with Crippen LogP contribution in [0.3, 0.4) is 0 Å². The Hall–Kier alpha value is -1.34. The number of carbonyl (C=O) groups is 1. The minimum atomic E-state index is -0.270. The number of nitriles is 1. The van der Waals surface area contributed by atoms with Crippen molar-refractivity contribution in [3.63, 3.8) is 0 Å². The average molecular weight is 307 g/mol. The van der Waals surface area contributed by atoms with Gasteiger partial charge in [-0.05, 0) is 38.0 Å². The van der Waals surface area contributed by atoms with E-state index in [-0.39, 0.29) is 11.3 Å². The molecule has 1 fully saturated rings. The molecule has 2 rings (SSSR count). The van der Waals surface area contributed by atoms with Crippen LogP contribution in [0.4, 0.5) is 0 Å². The number of piperidine rings is 1. The first-order valence-corrected chi connectivity index (χ1v) is 6.79. The maximum absolute atomic E-state index is 12.3. The lowest BCUT2D eigenvalue weighted by Crippen LogP contribution is -2.41. The number of hydrogen-bond acceptors (Lipinski definition) is 2. The zero-order valence-electron chi connectivity index (χ0n) is 10.3. The molecule has 1 aliphatic heterocycles. The Morgan fingerprint density at radius 2 is 2.11 bits per heavy atom. The molecule has 3 nitrogen and oxygen atoms in total. The van der Waals surface area contributed by atoms with Crippen molar-refractivity contribution in [2.75, 3.05) is 13.1 Å². The predicted octanol–water partition coefficient (Wildman–Crippen LogP) is 3.21. The third-order valence-electron chi connectivity index (χ3n) is 3.50. The lowest BCUT2D eigenvalue weighted by Gasteiger charge is -2.35. The SMILES string of the molecule is CC1(C#N)CCN(C(=O)c2cccc(Br)c2)CC1. The van der Waals surface area contributed by atoms with Crippen molar-refractivity contribution in [1.29, 1.82) is 5.26 Å². The fourth-order valence-electron chi connectivity index (χ4n) is 2.12. The number of likely N-dealkylation sites (tertiary alicyclic amines) is 1. The van der Waals surface area contributed by atoms with Crippen molar-refractivity contribution in [3.8, 4) is 6.07 Å². The lowest BCUT2D eigenvalue weighted by atomic mass is 9.82. The summed E-state index contributed by atoms with van der Waals surface area (Å²) in [4.78, 5) is 14.1. The van der Waals surface area contributed by atoms with Crippen LogP contribution in [0.2, 0.25) is 0 Å². The molecule has 1 heterocycles. The Kier molecular flexibility index (Phi) is 3.72. The molecule has 0 N–H and O–H groups in total. The summed E-state index contributed by atoms with van der Waals surface area (Å²) in [6.45, 7) is 3.29. The summed E-state index contributed by atoms with van der Waals surface area (Å²) >= 11 is 3.37. The average Bonchev–Trinajstić information content (AvgIpc) is 2.39. The van der Waals surface area contributed by atoms with E-state index in [0.29, 0.717) is 18.7 Å². The molecule has 1 amide bonds. The van der Waals surface area contributed by atoms with Crippen molar-refractivity contribution < 1.29 is 4.79 Å². The standard InChI is InChI=1S/C14H15BrN2O/c1-14(10-16)5-7-17(8-6-14)13(18)11-3-2-4-12(15)9-11/h2-4,9H,5-8H2,1H3. The monoisotopic (exact) mass is 306 g/mol. The van der Waals surface area contributed by atoms with Gasteiger partial charge in [0.15, 0.2) is 0 Å². The van der Waals surface area contributed by atoms with E-state index < -0.39 is 0 Å². The van der Waals surface area contributed by atoms with Gasteiger partial charge in [-0.1, -0.05) is 22.0 Å². The zero-order chi connectivity index (χ0) is 13.2. The summed E-state index contributed by atoms with van der Waals surface area (Å²) in [7, 11) is 0. The molecule has 1 saturated heterocycles. The van der Waals surface area contributed by atoms with Gasteiger partial charge in [-0.25, -0.2) is 0 Å². The van der Waals surface area contributed by atoms with Crippen LogP contribution in [0, 0.1) is 16.7 Å². The molecule has 0 aromatic heterocycles. The van der Waals surface area contributed by atoms with Crippen LogP contribution >= 0.6 is 15.9 Å². The Balaban J connectivity index is 2.07. The highest BCUT2D eigenvalue weighted by atomic mass is 79.9. The van der Waals surface area contributed by atoms with Crippen LogP contribution < -0.4 is 0 Å². The van der Waals surface area contributed by atoms with Gasteiger partial charge in [-0.3, -0.25) is 4.79 Å². The van der Waals surface area contributed by atoms with Crippen LogP contribution in [0.25, 0.3) is 0 Å². The minimum Gasteiger partial charge on any atom is -0.339 e. The van der Waals surface area contributed by atoms with E-state index in [1.807, 2.05) is 36.1 Å². The summed E-state index contributed by atoms with van der Waals surface area (Å²) in [5.41, 5.74) is 0.429. The summed E-state index contributed by atoms with van der Waals surface area (Å²) in [5.74, 6) is 0.0521. The van der Waals surface area contributed by atoms with Gasteiger partial charge in [0.2, 0.25) is 0 Å². The maximum Gasteiger partial charge on any atom is 0.253 e. The number of nitrogens with zero attached hydrogens (tertiary/aromatic N) is 2. The van der Waals surface area contributed by atoms with Gasteiger partial charge in [0, 0.05) is 23.1 Å². The molecular weight excluding hydrogens is 292 g/mol. The van der Waals surface area contributed by atoms with Gasteiger partial charge in [0.05, 0.1) is 11.5 Å². The number of carbonyl (C=O) groups excluding carboxylic acids is 1. The van der Waals surface area contributed by atoms with E-state index in [0.717, 1.165) is 17.3 Å². The number of benzene rings is 1. The Morgan fingerprint density at radius 3 is 2.67 bits per heavy atom. The smallest absolute Gasteiger partial charge is 0.253 e. The Morgan fingerprint density at radius 1 is 1.44 bits per heavy atom. The molecule has 4 heteroatoms. The van der Waals surface area contributed by atoms with Crippen LogP contribution in [0.15, 0.2) is 28.7 Å². The second-order valence-electron chi connectivity index (χ2n) is 4.98. The van der Waals surface area contributed by atoms with Gasteiger partial charge in [-0.15, -0.1) is 0 Å². The molecule has 1 aromatic rings. The molecule has 0 spiro atoms. The van der Waals surface area contributed by atoms with E-state index in [9.17, 15) is 4.79 Å². The van der Waals surface area contributed by atoms with Crippen molar-refractivity contribution in [3.05, 3.63) is 34.3 Å². The summed E-state index contributed by atoms with van der Waals surface area (Å²) in [6, 6.07) is 9.77. The van der Waals surface area contributed by atoms with Crippen molar-refractivity contribution >= 4 is 21.8 Å². The van der Waals surface area contributed by atoms with Gasteiger partial charge in [-0.2, -0.15) is 5.26 Å². The molecule has 0 radical (unpaired) electrons. The number of hydrogen-bond donors (Lipinski definition) is 0.